The number of phosphoric acid groups is 1. The molecule has 0 saturated carbocycles. The van der Waals surface area contributed by atoms with Crippen LogP contribution in [0.2, 0.25) is 0 Å². The van der Waals surface area contributed by atoms with Crippen LogP contribution in [0.25, 0.3) is 0 Å². The number of nitrogens with zero attached hydrogens (tertiary/aromatic N) is 1. The van der Waals surface area contributed by atoms with Crippen molar-refractivity contribution in [1.29, 1.82) is 0 Å². The lowest BCUT2D eigenvalue weighted by Crippen LogP contribution is -2.37. The van der Waals surface area contributed by atoms with E-state index in [0.29, 0.717) is 17.4 Å². The SMILES string of the molecule is CC/C=C\C/C=C\C/C=C\CCCCCC(=O)OC(COC(=O)CCCCCCCCCCCCCCCCCCCCCCC/C=C\C/C=C\CCCCCCC)COP(=O)(O)OCC[N+](C)(C)C. The number of hydrogen-bond donors (Lipinski definition) is 1. The summed E-state index contributed by atoms with van der Waals surface area (Å²) >= 11 is 0. The van der Waals surface area contributed by atoms with Gasteiger partial charge in [-0.15, -0.1) is 0 Å². The minimum Gasteiger partial charge on any atom is -0.462 e. The van der Waals surface area contributed by atoms with E-state index in [1.807, 2.05) is 21.1 Å². The van der Waals surface area contributed by atoms with Gasteiger partial charge in [0, 0.05) is 12.8 Å². The molecule has 0 aromatic rings. The highest BCUT2D eigenvalue weighted by molar-refractivity contribution is 7.47. The maximum absolute atomic E-state index is 12.7. The van der Waals surface area contributed by atoms with Crippen molar-refractivity contribution in [1.82, 2.24) is 0 Å². The van der Waals surface area contributed by atoms with Crippen molar-refractivity contribution >= 4 is 19.8 Å². The summed E-state index contributed by atoms with van der Waals surface area (Å²) in [4.78, 5) is 35.5. The Morgan fingerprint density at radius 1 is 0.457 bits per heavy atom. The molecule has 0 rings (SSSR count). The Balaban J connectivity index is 3.98. The Bertz CT molecular complexity index is 1370. The van der Waals surface area contributed by atoms with Crippen molar-refractivity contribution in [3.63, 3.8) is 0 Å². The van der Waals surface area contributed by atoms with Crippen molar-refractivity contribution in [2.45, 2.75) is 264 Å². The summed E-state index contributed by atoms with van der Waals surface area (Å²) in [5.41, 5.74) is 0. The largest absolute Gasteiger partial charge is 0.472 e. The third-order valence-electron chi connectivity index (χ3n) is 12.5. The standard InChI is InChI=1S/C60H110NO8P/c1-6-8-10-12-14-16-18-20-21-22-23-24-25-26-27-28-29-30-31-32-33-34-35-36-37-38-39-41-42-44-46-48-50-52-59(62)66-56-58(57-68-70(64,65)67-55-54-61(3,4)5)69-60(63)53-51-49-47-45-43-40-19-17-15-13-11-9-7-2/h9,11,15,17-18,20,22-23,40,43,58H,6-8,10,12-14,16,19,21,24-39,41-42,44-57H2,1-5H3/p+1/b11-9-,17-15-,20-18-,23-22-,43-40-. The molecule has 70 heavy (non-hydrogen) atoms. The number of likely N-dealkylation sites (N-methyl/N-ethyl adjacent to an activating group) is 1. The molecular formula is C60H111NO8P+. The van der Waals surface area contributed by atoms with Crippen LogP contribution in [0.15, 0.2) is 60.8 Å². The molecule has 2 unspecified atom stereocenters. The van der Waals surface area contributed by atoms with Gasteiger partial charge in [-0.3, -0.25) is 18.6 Å². The van der Waals surface area contributed by atoms with Crippen LogP contribution >= 0.6 is 7.82 Å². The molecule has 0 aromatic heterocycles. The van der Waals surface area contributed by atoms with E-state index in [2.05, 4.69) is 74.6 Å². The van der Waals surface area contributed by atoms with E-state index >= 15 is 0 Å². The molecule has 0 amide bonds. The molecule has 0 aromatic carbocycles. The normalized spacial score (nSPS) is 13.7. The van der Waals surface area contributed by atoms with Crippen LogP contribution in [-0.2, 0) is 32.7 Å². The van der Waals surface area contributed by atoms with Crippen molar-refractivity contribution in [3.8, 4) is 0 Å². The molecule has 0 radical (unpaired) electrons. The van der Waals surface area contributed by atoms with Gasteiger partial charge in [-0.25, -0.2) is 4.57 Å². The number of allylic oxidation sites excluding steroid dienone is 10. The molecule has 2 atom stereocenters. The van der Waals surface area contributed by atoms with Gasteiger partial charge in [0.15, 0.2) is 6.10 Å². The maximum Gasteiger partial charge on any atom is 0.472 e. The number of unbranched alkanes of at least 4 members (excludes halogenated alkanes) is 29. The molecule has 408 valence electrons. The van der Waals surface area contributed by atoms with E-state index in [4.69, 9.17) is 18.5 Å². The highest BCUT2D eigenvalue weighted by Gasteiger charge is 2.27. The first-order valence-corrected chi connectivity index (χ1v) is 30.5. The predicted octanol–water partition coefficient (Wildman–Crippen LogP) is 17.9. The number of phosphoric ester groups is 1. The van der Waals surface area contributed by atoms with Gasteiger partial charge >= 0.3 is 19.8 Å². The van der Waals surface area contributed by atoms with E-state index in [9.17, 15) is 19.0 Å². The Morgan fingerprint density at radius 2 is 0.814 bits per heavy atom. The van der Waals surface area contributed by atoms with Crippen LogP contribution in [0.5, 0.6) is 0 Å². The summed E-state index contributed by atoms with van der Waals surface area (Å²) in [7, 11) is 1.46. The van der Waals surface area contributed by atoms with Crippen molar-refractivity contribution in [3.05, 3.63) is 60.8 Å². The summed E-state index contributed by atoms with van der Waals surface area (Å²) in [6, 6.07) is 0. The smallest absolute Gasteiger partial charge is 0.462 e. The second-order valence-electron chi connectivity index (χ2n) is 20.6. The summed E-state index contributed by atoms with van der Waals surface area (Å²) in [6.45, 7) is 4.28. The van der Waals surface area contributed by atoms with Crippen molar-refractivity contribution in [2.75, 3.05) is 47.5 Å². The zero-order chi connectivity index (χ0) is 51.3. The number of carbonyl (C=O) groups excluding carboxylic acids is 2. The fourth-order valence-electron chi connectivity index (χ4n) is 8.06. The van der Waals surface area contributed by atoms with Crippen LogP contribution < -0.4 is 0 Å². The Labute approximate surface area is 432 Å². The number of quaternary nitrogens is 1. The lowest BCUT2D eigenvalue weighted by atomic mass is 10.0. The number of esters is 2. The number of ether oxygens (including phenoxy) is 2. The van der Waals surface area contributed by atoms with Crippen LogP contribution in [0, 0.1) is 0 Å². The molecule has 1 N–H and O–H groups in total. The highest BCUT2D eigenvalue weighted by Crippen LogP contribution is 2.43. The first-order chi connectivity index (χ1) is 34.0. The molecule has 0 spiro atoms. The topological polar surface area (TPSA) is 108 Å². The lowest BCUT2D eigenvalue weighted by molar-refractivity contribution is -0.870. The summed E-state index contributed by atoms with van der Waals surface area (Å²) in [5.74, 6) is -0.826. The van der Waals surface area contributed by atoms with E-state index in [1.165, 1.54) is 161 Å². The molecule has 0 aliphatic rings. The third-order valence-corrected chi connectivity index (χ3v) is 13.5. The zero-order valence-corrected chi connectivity index (χ0v) is 47.1. The first kappa shape index (κ1) is 67.7. The van der Waals surface area contributed by atoms with Gasteiger partial charge in [0.2, 0.25) is 0 Å². The van der Waals surface area contributed by atoms with Gasteiger partial charge in [0.1, 0.15) is 19.8 Å². The highest BCUT2D eigenvalue weighted by atomic mass is 31.2. The second kappa shape index (κ2) is 51.6. The van der Waals surface area contributed by atoms with E-state index in [-0.39, 0.29) is 32.0 Å². The summed E-state index contributed by atoms with van der Waals surface area (Å²) in [5, 5.41) is 0. The molecule has 0 saturated heterocycles. The second-order valence-corrected chi connectivity index (χ2v) is 22.1. The van der Waals surface area contributed by atoms with Gasteiger partial charge in [-0.2, -0.15) is 0 Å². The van der Waals surface area contributed by atoms with Crippen LogP contribution in [0.4, 0.5) is 0 Å². The van der Waals surface area contributed by atoms with Crippen LogP contribution in [0.1, 0.15) is 258 Å². The quantitative estimate of drug-likeness (QED) is 0.0211. The van der Waals surface area contributed by atoms with Gasteiger partial charge in [-0.1, -0.05) is 229 Å². The molecule has 0 aliphatic carbocycles. The summed E-state index contributed by atoms with van der Waals surface area (Å²) < 4.78 is 34.4. The molecule has 0 bridgehead atoms. The number of carbonyl (C=O) groups is 2. The van der Waals surface area contributed by atoms with E-state index in [1.54, 1.807) is 0 Å². The number of hydrogen-bond acceptors (Lipinski definition) is 7. The fraction of sp³-hybridized carbons (Fsp3) is 0.800. The Morgan fingerprint density at radius 3 is 1.23 bits per heavy atom. The molecule has 0 heterocycles. The van der Waals surface area contributed by atoms with Gasteiger partial charge in [0.25, 0.3) is 0 Å². The van der Waals surface area contributed by atoms with Gasteiger partial charge in [0.05, 0.1) is 27.7 Å². The van der Waals surface area contributed by atoms with Crippen molar-refractivity contribution in [2.24, 2.45) is 0 Å². The molecule has 0 aliphatic heterocycles. The van der Waals surface area contributed by atoms with Crippen molar-refractivity contribution < 1.29 is 42.1 Å². The lowest BCUT2D eigenvalue weighted by Gasteiger charge is -2.24. The van der Waals surface area contributed by atoms with Crippen LogP contribution in [0.3, 0.4) is 0 Å². The Kier molecular flexibility index (Phi) is 49.9. The zero-order valence-electron chi connectivity index (χ0n) is 46.2. The predicted molar refractivity (Wildman–Crippen MR) is 298 cm³/mol. The summed E-state index contributed by atoms with van der Waals surface area (Å²) in [6.07, 6.45) is 66.1. The molecule has 10 heteroatoms. The first-order valence-electron chi connectivity index (χ1n) is 29.0. The average Bonchev–Trinajstić information content (AvgIpc) is 3.32. The number of rotatable bonds is 53. The van der Waals surface area contributed by atoms with Gasteiger partial charge in [-0.05, 0) is 77.0 Å². The maximum atomic E-state index is 12.7. The van der Waals surface area contributed by atoms with Gasteiger partial charge < -0.3 is 18.9 Å². The fourth-order valence-corrected chi connectivity index (χ4v) is 8.80. The Hall–Kier alpha value is -2.29. The minimum atomic E-state index is -4.39. The monoisotopic (exact) mass is 1000 g/mol. The molecule has 9 nitrogen and oxygen atoms in total. The third kappa shape index (κ3) is 55.0. The van der Waals surface area contributed by atoms with E-state index in [0.717, 1.165) is 64.2 Å². The molecule has 0 fully saturated rings. The van der Waals surface area contributed by atoms with E-state index < -0.39 is 26.5 Å². The van der Waals surface area contributed by atoms with Crippen LogP contribution in [-0.4, -0.2) is 74.9 Å². The molecular weight excluding hydrogens is 894 g/mol. The average molecular weight is 1010 g/mol. The minimum absolute atomic E-state index is 0.0251.